The molecule has 0 fully saturated rings. The quantitative estimate of drug-likeness (QED) is 0.359. The first-order valence-corrected chi connectivity index (χ1v) is 11.7. The molecule has 1 amide bonds. The van der Waals surface area contributed by atoms with Gasteiger partial charge in [-0.25, -0.2) is 5.01 Å². The lowest BCUT2D eigenvalue weighted by Gasteiger charge is -2.19. The second-order valence-corrected chi connectivity index (χ2v) is 8.76. The van der Waals surface area contributed by atoms with Crippen LogP contribution in [0.2, 0.25) is 0 Å². The Bertz CT molecular complexity index is 1220. The highest BCUT2D eigenvalue weighted by Gasteiger charge is 2.35. The van der Waals surface area contributed by atoms with Gasteiger partial charge >= 0.3 is 0 Å². The molecule has 3 aromatic heterocycles. The Kier molecular flexibility index (Phi) is 5.78. The largest absolute Gasteiger partial charge is 0.497 e. The number of ether oxygens (including phenoxy) is 1. The number of hydrazone groups is 1. The number of amides is 1. The van der Waals surface area contributed by atoms with Crippen LogP contribution in [0.4, 0.5) is 0 Å². The highest BCUT2D eigenvalue weighted by Crippen LogP contribution is 2.35. The maximum Gasteiger partial charge on any atom is 0.277 e. The van der Waals surface area contributed by atoms with Crippen LogP contribution in [-0.2, 0) is 4.79 Å². The van der Waals surface area contributed by atoms with Gasteiger partial charge in [0, 0.05) is 12.0 Å². The zero-order chi connectivity index (χ0) is 21.9. The number of thioether (sulfide) groups is 1. The van der Waals surface area contributed by atoms with E-state index in [1.54, 1.807) is 24.7 Å². The fourth-order valence-corrected chi connectivity index (χ4v) is 4.68. The van der Waals surface area contributed by atoms with Crippen LogP contribution in [0, 0.1) is 0 Å². The van der Waals surface area contributed by atoms with Crippen molar-refractivity contribution in [2.45, 2.75) is 17.7 Å². The second kappa shape index (κ2) is 9.01. The molecule has 10 heteroatoms. The molecule has 1 aliphatic heterocycles. The average Bonchev–Trinajstić information content (AvgIpc) is 3.63. The molecule has 32 heavy (non-hydrogen) atoms. The van der Waals surface area contributed by atoms with Crippen LogP contribution in [0.15, 0.2) is 79.3 Å². The maximum absolute atomic E-state index is 13.0. The van der Waals surface area contributed by atoms with E-state index in [1.165, 1.54) is 16.8 Å². The predicted octanol–water partition coefficient (Wildman–Crippen LogP) is 4.87. The molecule has 0 saturated carbocycles. The number of benzene rings is 1. The number of thiophene rings is 1. The standard InChI is InChI=1S/C22H18N4O4S2/c1-28-15-8-6-14(7-9-15)21-23-24-22(30-21)32-13-20(27)26-17(18-4-2-10-29-18)12-16(25-26)19-5-3-11-31-19/h2-11,17H,12-13H2,1H3. The Labute approximate surface area is 191 Å². The van der Waals surface area contributed by atoms with Gasteiger partial charge in [-0.3, -0.25) is 4.79 Å². The number of aromatic nitrogens is 2. The Morgan fingerprint density at radius 2 is 2.09 bits per heavy atom. The third-order valence-corrected chi connectivity index (χ3v) is 6.63. The summed E-state index contributed by atoms with van der Waals surface area (Å²) in [6.45, 7) is 0. The summed E-state index contributed by atoms with van der Waals surface area (Å²) in [6.07, 6.45) is 2.21. The van der Waals surface area contributed by atoms with Crippen molar-refractivity contribution in [3.8, 4) is 17.2 Å². The van der Waals surface area contributed by atoms with E-state index in [0.29, 0.717) is 23.3 Å². The van der Waals surface area contributed by atoms with Crippen LogP contribution in [0.25, 0.3) is 11.5 Å². The Morgan fingerprint density at radius 1 is 1.22 bits per heavy atom. The molecule has 0 bridgehead atoms. The van der Waals surface area contributed by atoms with Gasteiger partial charge in [0.2, 0.25) is 5.89 Å². The minimum absolute atomic E-state index is 0.114. The lowest BCUT2D eigenvalue weighted by atomic mass is 10.1. The summed E-state index contributed by atoms with van der Waals surface area (Å²) >= 11 is 2.78. The second-order valence-electron chi connectivity index (χ2n) is 6.89. The molecule has 1 aromatic carbocycles. The zero-order valence-corrected chi connectivity index (χ0v) is 18.6. The van der Waals surface area contributed by atoms with Crippen LogP contribution < -0.4 is 4.74 Å². The normalized spacial score (nSPS) is 15.7. The van der Waals surface area contributed by atoms with Crippen molar-refractivity contribution in [3.05, 3.63) is 70.8 Å². The molecule has 162 valence electrons. The molecule has 5 rings (SSSR count). The molecule has 8 nitrogen and oxygen atoms in total. The van der Waals surface area contributed by atoms with E-state index >= 15 is 0 Å². The lowest BCUT2D eigenvalue weighted by molar-refractivity contribution is -0.130. The number of carbonyl (C=O) groups excluding carboxylic acids is 1. The zero-order valence-electron chi connectivity index (χ0n) is 17.0. The number of nitrogens with zero attached hydrogens (tertiary/aromatic N) is 4. The van der Waals surface area contributed by atoms with Crippen LogP contribution in [-0.4, -0.2) is 39.7 Å². The Hall–Kier alpha value is -3.37. The lowest BCUT2D eigenvalue weighted by Crippen LogP contribution is -2.28. The minimum Gasteiger partial charge on any atom is -0.497 e. The van der Waals surface area contributed by atoms with E-state index in [4.69, 9.17) is 13.6 Å². The maximum atomic E-state index is 13.0. The molecular weight excluding hydrogens is 448 g/mol. The van der Waals surface area contributed by atoms with Gasteiger partial charge in [0.1, 0.15) is 17.6 Å². The summed E-state index contributed by atoms with van der Waals surface area (Å²) in [5.41, 5.74) is 1.65. The third kappa shape index (κ3) is 4.19. The Morgan fingerprint density at radius 3 is 2.81 bits per heavy atom. The van der Waals surface area contributed by atoms with Crippen LogP contribution >= 0.6 is 23.1 Å². The fourth-order valence-electron chi connectivity index (χ4n) is 3.34. The van der Waals surface area contributed by atoms with Crippen LogP contribution in [0.5, 0.6) is 5.75 Å². The van der Waals surface area contributed by atoms with Gasteiger partial charge in [0.25, 0.3) is 11.1 Å². The van der Waals surface area contributed by atoms with E-state index in [0.717, 1.165) is 21.9 Å². The summed E-state index contributed by atoms with van der Waals surface area (Å²) in [6, 6.07) is 14.7. The molecule has 0 aliphatic carbocycles. The van der Waals surface area contributed by atoms with Crippen molar-refractivity contribution in [2.24, 2.45) is 5.10 Å². The first-order valence-electron chi connectivity index (χ1n) is 9.79. The first kappa shape index (κ1) is 20.5. The van der Waals surface area contributed by atoms with Gasteiger partial charge in [-0.05, 0) is 47.8 Å². The molecule has 0 spiro atoms. The fraction of sp³-hybridized carbons (Fsp3) is 0.182. The van der Waals surface area contributed by atoms with Crippen molar-refractivity contribution in [1.29, 1.82) is 0 Å². The van der Waals surface area contributed by atoms with Gasteiger partial charge in [0.05, 0.1) is 29.7 Å². The number of hydrogen-bond donors (Lipinski definition) is 0. The number of rotatable bonds is 7. The van der Waals surface area contributed by atoms with Crippen molar-refractivity contribution in [2.75, 3.05) is 12.9 Å². The van der Waals surface area contributed by atoms with E-state index in [9.17, 15) is 4.79 Å². The van der Waals surface area contributed by atoms with Crippen molar-refractivity contribution >= 4 is 34.7 Å². The van der Waals surface area contributed by atoms with Crippen LogP contribution in [0.3, 0.4) is 0 Å². The summed E-state index contributed by atoms with van der Waals surface area (Å²) in [4.78, 5) is 14.1. The highest BCUT2D eigenvalue weighted by atomic mass is 32.2. The molecule has 1 unspecified atom stereocenters. The molecule has 1 aliphatic rings. The van der Waals surface area contributed by atoms with Gasteiger partial charge in [-0.15, -0.1) is 21.5 Å². The van der Waals surface area contributed by atoms with E-state index < -0.39 is 0 Å². The van der Waals surface area contributed by atoms with Gasteiger partial charge < -0.3 is 13.6 Å². The molecule has 4 aromatic rings. The number of methoxy groups -OCH3 is 1. The van der Waals surface area contributed by atoms with Gasteiger partial charge in [0.15, 0.2) is 0 Å². The molecule has 0 saturated heterocycles. The van der Waals surface area contributed by atoms with Crippen molar-refractivity contribution < 1.29 is 18.4 Å². The molecule has 1 atom stereocenters. The van der Waals surface area contributed by atoms with Crippen molar-refractivity contribution in [3.63, 3.8) is 0 Å². The Balaban J connectivity index is 1.28. The molecule has 0 N–H and O–H groups in total. The summed E-state index contributed by atoms with van der Waals surface area (Å²) in [7, 11) is 1.61. The summed E-state index contributed by atoms with van der Waals surface area (Å²) in [5, 5.41) is 16.6. The van der Waals surface area contributed by atoms with Crippen molar-refractivity contribution in [1.82, 2.24) is 15.2 Å². The smallest absolute Gasteiger partial charge is 0.277 e. The minimum atomic E-state index is -0.271. The molecular formula is C22H18N4O4S2. The predicted molar refractivity (Wildman–Crippen MR) is 121 cm³/mol. The number of furan rings is 1. The van der Waals surface area contributed by atoms with Crippen LogP contribution in [0.1, 0.15) is 23.1 Å². The molecule has 0 radical (unpaired) electrons. The highest BCUT2D eigenvalue weighted by molar-refractivity contribution is 7.99. The average molecular weight is 467 g/mol. The van der Waals surface area contributed by atoms with E-state index in [1.807, 2.05) is 53.9 Å². The number of hydrogen-bond acceptors (Lipinski definition) is 9. The van der Waals surface area contributed by atoms with E-state index in [2.05, 4.69) is 15.3 Å². The van der Waals surface area contributed by atoms with E-state index in [-0.39, 0.29) is 17.7 Å². The number of carbonyl (C=O) groups is 1. The topological polar surface area (TPSA) is 94.0 Å². The third-order valence-electron chi connectivity index (χ3n) is 4.91. The van der Waals surface area contributed by atoms with Gasteiger partial charge in [-0.2, -0.15) is 5.10 Å². The molecule has 4 heterocycles. The summed E-state index contributed by atoms with van der Waals surface area (Å²) in [5.74, 6) is 1.79. The summed E-state index contributed by atoms with van der Waals surface area (Å²) < 4.78 is 16.4. The SMILES string of the molecule is COc1ccc(-c2nnc(SCC(=O)N3N=C(c4cccs4)CC3c3ccco3)o2)cc1. The first-order chi connectivity index (χ1) is 15.7. The van der Waals surface area contributed by atoms with Gasteiger partial charge in [-0.1, -0.05) is 17.8 Å². The monoisotopic (exact) mass is 466 g/mol.